The highest BCUT2D eigenvalue weighted by atomic mass is 79.9. The molecule has 0 spiro atoms. The van der Waals surface area contributed by atoms with Crippen LogP contribution in [0.2, 0.25) is 0 Å². The molecule has 1 rings (SSSR count). The topological polar surface area (TPSA) is 9.23 Å². The van der Waals surface area contributed by atoms with Crippen molar-refractivity contribution >= 4 is 43.5 Å². The quantitative estimate of drug-likeness (QED) is 0.755. The Hall–Kier alpha value is 0.270. The summed E-state index contributed by atoms with van der Waals surface area (Å²) in [7, 11) is 0. The van der Waals surface area contributed by atoms with E-state index in [4.69, 9.17) is 16.3 Å². The fraction of sp³-hybridized carbons (Fsp3) is 0.333. The Labute approximate surface area is 99.7 Å². The number of ether oxygens (including phenoxy) is 1. The van der Waals surface area contributed by atoms with Gasteiger partial charge in [0.15, 0.2) is 0 Å². The van der Waals surface area contributed by atoms with Crippen LogP contribution in [0.15, 0.2) is 27.1 Å². The zero-order valence-electron chi connectivity index (χ0n) is 7.06. The molecule has 0 N–H and O–H groups in total. The lowest BCUT2D eigenvalue weighted by molar-refractivity contribution is 0.316. The smallest absolute Gasteiger partial charge is 0.147 e. The molecule has 0 radical (unpaired) electrons. The lowest BCUT2D eigenvalue weighted by Crippen LogP contribution is -2.07. The van der Waals surface area contributed by atoms with Gasteiger partial charge >= 0.3 is 0 Å². The Bertz CT molecular complexity index is 269. The molecule has 13 heavy (non-hydrogen) atoms. The van der Waals surface area contributed by atoms with Gasteiger partial charge in [-0.25, -0.2) is 0 Å². The van der Waals surface area contributed by atoms with Gasteiger partial charge in [0.25, 0.3) is 0 Å². The minimum Gasteiger partial charge on any atom is -0.490 e. The number of hydrogen-bond acceptors (Lipinski definition) is 1. The number of benzene rings is 1. The van der Waals surface area contributed by atoms with Crippen LogP contribution in [0.4, 0.5) is 0 Å². The van der Waals surface area contributed by atoms with Crippen molar-refractivity contribution in [3.05, 3.63) is 27.1 Å². The molecule has 0 unspecified atom stereocenters. The molecule has 0 aromatic heterocycles. The van der Waals surface area contributed by atoms with Gasteiger partial charge in [-0.2, -0.15) is 0 Å². The maximum absolute atomic E-state index is 5.78. The number of hydrogen-bond donors (Lipinski definition) is 0. The standard InChI is InChI=1S/C9H9Br2ClO/c1-6(12)5-13-9-7(10)3-2-4-8(9)11/h2-4,6H,5H2,1H3/t6-/m0/s1. The van der Waals surface area contributed by atoms with E-state index in [9.17, 15) is 0 Å². The highest BCUT2D eigenvalue weighted by molar-refractivity contribution is 9.11. The van der Waals surface area contributed by atoms with Crippen molar-refractivity contribution in [3.8, 4) is 5.75 Å². The maximum Gasteiger partial charge on any atom is 0.147 e. The number of rotatable bonds is 3. The number of alkyl halides is 1. The van der Waals surface area contributed by atoms with E-state index in [-0.39, 0.29) is 5.38 Å². The van der Waals surface area contributed by atoms with E-state index >= 15 is 0 Å². The minimum atomic E-state index is 0.0130. The third-order valence-corrected chi connectivity index (χ3v) is 2.75. The summed E-state index contributed by atoms with van der Waals surface area (Å²) < 4.78 is 7.36. The summed E-state index contributed by atoms with van der Waals surface area (Å²) >= 11 is 12.6. The van der Waals surface area contributed by atoms with E-state index in [0.717, 1.165) is 14.7 Å². The fourth-order valence-electron chi connectivity index (χ4n) is 0.819. The molecule has 0 aliphatic rings. The summed E-state index contributed by atoms with van der Waals surface area (Å²) in [6.07, 6.45) is 0. The van der Waals surface area contributed by atoms with Gasteiger partial charge in [-0.3, -0.25) is 0 Å². The van der Waals surface area contributed by atoms with Crippen molar-refractivity contribution in [1.29, 1.82) is 0 Å². The van der Waals surface area contributed by atoms with E-state index in [2.05, 4.69) is 31.9 Å². The molecule has 1 aromatic carbocycles. The average Bonchev–Trinajstić information content (AvgIpc) is 2.03. The first-order chi connectivity index (χ1) is 6.11. The van der Waals surface area contributed by atoms with Crippen LogP contribution in [0.5, 0.6) is 5.75 Å². The molecular weight excluding hydrogens is 319 g/mol. The van der Waals surface area contributed by atoms with Crippen LogP contribution in [0, 0.1) is 0 Å². The second-order valence-corrected chi connectivity index (χ2v) is 5.10. The summed E-state index contributed by atoms with van der Waals surface area (Å²) in [6, 6.07) is 5.79. The van der Waals surface area contributed by atoms with E-state index in [1.54, 1.807) is 0 Å². The lowest BCUT2D eigenvalue weighted by atomic mass is 10.3. The average molecular weight is 328 g/mol. The van der Waals surface area contributed by atoms with Gasteiger partial charge in [0.2, 0.25) is 0 Å². The van der Waals surface area contributed by atoms with Crippen molar-refractivity contribution in [1.82, 2.24) is 0 Å². The molecule has 1 atom stereocenters. The van der Waals surface area contributed by atoms with Crippen LogP contribution < -0.4 is 4.74 Å². The predicted octanol–water partition coefficient (Wildman–Crippen LogP) is 4.22. The van der Waals surface area contributed by atoms with Crippen molar-refractivity contribution in [3.63, 3.8) is 0 Å². The first-order valence-corrected chi connectivity index (χ1v) is 5.84. The van der Waals surface area contributed by atoms with Gasteiger partial charge < -0.3 is 4.74 Å². The van der Waals surface area contributed by atoms with Gasteiger partial charge in [-0.1, -0.05) is 6.07 Å². The number of para-hydroxylation sites is 1. The van der Waals surface area contributed by atoms with Gasteiger partial charge in [-0.05, 0) is 50.9 Å². The zero-order chi connectivity index (χ0) is 9.84. The van der Waals surface area contributed by atoms with Crippen LogP contribution in [0.3, 0.4) is 0 Å². The molecule has 1 aromatic rings. The normalized spacial score (nSPS) is 12.6. The minimum absolute atomic E-state index is 0.0130. The monoisotopic (exact) mass is 326 g/mol. The second kappa shape index (κ2) is 5.23. The van der Waals surface area contributed by atoms with Gasteiger partial charge in [0.1, 0.15) is 12.4 Å². The van der Waals surface area contributed by atoms with Gasteiger partial charge in [-0.15, -0.1) is 11.6 Å². The molecular formula is C9H9Br2ClO. The maximum atomic E-state index is 5.78. The summed E-state index contributed by atoms with van der Waals surface area (Å²) in [5.74, 6) is 0.801. The summed E-state index contributed by atoms with van der Waals surface area (Å²) in [5, 5.41) is 0.0130. The lowest BCUT2D eigenvalue weighted by Gasteiger charge is -2.10. The predicted molar refractivity (Wildman–Crippen MR) is 62.7 cm³/mol. The molecule has 4 heteroatoms. The first-order valence-electron chi connectivity index (χ1n) is 3.82. The van der Waals surface area contributed by atoms with E-state index in [0.29, 0.717) is 6.61 Å². The summed E-state index contributed by atoms with van der Waals surface area (Å²) in [6.45, 7) is 2.40. The second-order valence-electron chi connectivity index (χ2n) is 2.64. The molecule has 0 fully saturated rings. The molecule has 0 aliphatic carbocycles. The van der Waals surface area contributed by atoms with Crippen molar-refractivity contribution in [2.24, 2.45) is 0 Å². The Balaban J connectivity index is 2.75. The van der Waals surface area contributed by atoms with Crippen LogP contribution in [-0.4, -0.2) is 12.0 Å². The first kappa shape index (κ1) is 11.3. The van der Waals surface area contributed by atoms with Crippen molar-refractivity contribution in [2.75, 3.05) is 6.61 Å². The summed E-state index contributed by atoms with van der Waals surface area (Å²) in [4.78, 5) is 0. The third-order valence-electron chi connectivity index (χ3n) is 1.38. The highest BCUT2D eigenvalue weighted by Gasteiger charge is 2.06. The number of halogens is 3. The largest absolute Gasteiger partial charge is 0.490 e. The molecule has 72 valence electrons. The van der Waals surface area contributed by atoms with Crippen molar-refractivity contribution < 1.29 is 4.74 Å². The van der Waals surface area contributed by atoms with Crippen LogP contribution >= 0.6 is 43.5 Å². The highest BCUT2D eigenvalue weighted by Crippen LogP contribution is 2.33. The zero-order valence-corrected chi connectivity index (χ0v) is 11.0. The SMILES string of the molecule is C[C@H](Cl)COc1c(Br)cccc1Br. The van der Waals surface area contributed by atoms with Crippen LogP contribution in [0.1, 0.15) is 6.92 Å². The van der Waals surface area contributed by atoms with E-state index in [1.807, 2.05) is 25.1 Å². The molecule has 0 saturated carbocycles. The molecule has 0 saturated heterocycles. The van der Waals surface area contributed by atoms with E-state index in [1.165, 1.54) is 0 Å². The molecule has 0 bridgehead atoms. The van der Waals surface area contributed by atoms with Crippen molar-refractivity contribution in [2.45, 2.75) is 12.3 Å². The van der Waals surface area contributed by atoms with Crippen LogP contribution in [0.25, 0.3) is 0 Å². The van der Waals surface area contributed by atoms with Crippen LogP contribution in [-0.2, 0) is 0 Å². The molecule has 0 heterocycles. The summed E-state index contributed by atoms with van der Waals surface area (Å²) in [5.41, 5.74) is 0. The van der Waals surface area contributed by atoms with Gasteiger partial charge in [0, 0.05) is 0 Å². The Kier molecular flexibility index (Phi) is 4.56. The Morgan fingerprint density at radius 2 is 1.92 bits per heavy atom. The molecule has 0 amide bonds. The molecule has 1 nitrogen and oxygen atoms in total. The molecule has 0 aliphatic heterocycles. The Morgan fingerprint density at radius 1 is 1.38 bits per heavy atom. The van der Waals surface area contributed by atoms with Gasteiger partial charge in [0.05, 0.1) is 14.3 Å². The Morgan fingerprint density at radius 3 is 2.38 bits per heavy atom. The third kappa shape index (κ3) is 3.49. The fourth-order valence-corrected chi connectivity index (χ4v) is 2.11. The van der Waals surface area contributed by atoms with E-state index < -0.39 is 0 Å².